The molecule has 30 heavy (non-hydrogen) atoms. The van der Waals surface area contributed by atoms with E-state index in [0.29, 0.717) is 24.5 Å². The van der Waals surface area contributed by atoms with E-state index < -0.39 is 0 Å². The Morgan fingerprint density at radius 3 is 2.77 bits per heavy atom. The molecule has 2 aliphatic rings. The Kier molecular flexibility index (Phi) is 4.97. The van der Waals surface area contributed by atoms with Crippen molar-refractivity contribution in [2.45, 2.75) is 50.2 Å². The molecule has 2 saturated heterocycles. The lowest BCUT2D eigenvalue weighted by Gasteiger charge is -2.39. The van der Waals surface area contributed by atoms with Crippen LogP contribution in [0.3, 0.4) is 0 Å². The Bertz CT molecular complexity index is 1070. The maximum absolute atomic E-state index is 8.96. The first-order chi connectivity index (χ1) is 14.7. The number of aromatic nitrogens is 4. The van der Waals surface area contributed by atoms with E-state index in [9.17, 15) is 0 Å². The van der Waals surface area contributed by atoms with Crippen LogP contribution in [0.2, 0.25) is 0 Å². The van der Waals surface area contributed by atoms with Crippen molar-refractivity contribution in [2.75, 3.05) is 17.2 Å². The van der Waals surface area contributed by atoms with Crippen LogP contribution in [0, 0.1) is 11.3 Å². The molecule has 3 atom stereocenters. The lowest BCUT2D eigenvalue weighted by Crippen LogP contribution is -2.47. The Hall–Kier alpha value is -3.18. The molecule has 0 amide bonds. The lowest BCUT2D eigenvalue weighted by molar-refractivity contribution is 0.136. The number of aryl methyl sites for hydroxylation is 1. The molecule has 5 heterocycles. The molecular weight excluding hydrogens is 376 g/mol. The number of hydrogen-bond donors (Lipinski definition) is 2. The number of fused-ring (bicyclic) bond motifs is 3. The van der Waals surface area contributed by atoms with Gasteiger partial charge < -0.3 is 15.2 Å². The van der Waals surface area contributed by atoms with Gasteiger partial charge in [0.2, 0.25) is 0 Å². The standard InChI is InChI=1S/C22H26N8/c1-29-13-21(25-14-29)27-20-12-19-18(4-2-8-24-19)22(28-20)26-15-10-16-5-6-17(11-15)30(16)9-3-7-23/h2,4,8,12-17H,3,5-6,9-11H2,1H3,(H2,26,27,28)/t15-,16-,17+. The van der Waals surface area contributed by atoms with E-state index in [1.807, 2.05) is 36.1 Å². The van der Waals surface area contributed by atoms with Crippen molar-refractivity contribution in [1.29, 1.82) is 5.26 Å². The number of piperidine rings is 1. The summed E-state index contributed by atoms with van der Waals surface area (Å²) in [5.41, 5.74) is 0.905. The highest BCUT2D eigenvalue weighted by molar-refractivity contribution is 5.91. The molecule has 5 rings (SSSR count). The van der Waals surface area contributed by atoms with E-state index in [2.05, 4.69) is 37.6 Å². The summed E-state index contributed by atoms with van der Waals surface area (Å²) in [7, 11) is 1.94. The third-order valence-corrected chi connectivity index (χ3v) is 6.27. The maximum Gasteiger partial charge on any atom is 0.149 e. The zero-order valence-corrected chi connectivity index (χ0v) is 17.1. The largest absolute Gasteiger partial charge is 0.367 e. The molecule has 2 aliphatic heterocycles. The average Bonchev–Trinajstić information content (AvgIpc) is 3.25. The Balaban J connectivity index is 1.38. The van der Waals surface area contributed by atoms with Crippen molar-refractivity contribution in [3.05, 3.63) is 36.9 Å². The Labute approximate surface area is 176 Å². The van der Waals surface area contributed by atoms with Crippen molar-refractivity contribution >= 4 is 28.4 Å². The topological polar surface area (TPSA) is 94.7 Å². The quantitative estimate of drug-likeness (QED) is 0.652. The number of nitrogens with one attached hydrogen (secondary N) is 2. The summed E-state index contributed by atoms with van der Waals surface area (Å²) in [6.45, 7) is 0.896. The third kappa shape index (κ3) is 3.68. The molecule has 2 N–H and O–H groups in total. The van der Waals surface area contributed by atoms with Gasteiger partial charge in [0.25, 0.3) is 0 Å². The summed E-state index contributed by atoms with van der Waals surface area (Å²) in [6, 6.07) is 9.78. The minimum atomic E-state index is 0.377. The number of rotatable bonds is 6. The minimum absolute atomic E-state index is 0.377. The SMILES string of the molecule is Cn1cnc(Nc2cc3ncccc3c(N[C@@H]3C[C@H]4CC[C@@H](C3)N4CCC#N)n2)c1. The summed E-state index contributed by atoms with van der Waals surface area (Å²) in [5, 5.41) is 17.0. The molecule has 0 saturated carbocycles. The summed E-state index contributed by atoms with van der Waals surface area (Å²) < 4.78 is 1.90. The van der Waals surface area contributed by atoms with E-state index in [0.717, 1.165) is 47.7 Å². The number of nitrogens with zero attached hydrogens (tertiary/aromatic N) is 6. The molecule has 0 unspecified atom stereocenters. The predicted octanol–water partition coefficient (Wildman–Crippen LogP) is 3.43. The normalized spacial score (nSPS) is 23.4. The van der Waals surface area contributed by atoms with Crippen LogP contribution in [0.5, 0.6) is 0 Å². The fraction of sp³-hybridized carbons (Fsp3) is 0.455. The summed E-state index contributed by atoms with van der Waals surface area (Å²) in [5.74, 6) is 2.36. The van der Waals surface area contributed by atoms with Crippen LogP contribution in [0.15, 0.2) is 36.9 Å². The van der Waals surface area contributed by atoms with Crippen LogP contribution in [0.25, 0.3) is 10.9 Å². The van der Waals surface area contributed by atoms with Crippen LogP contribution in [-0.4, -0.2) is 49.1 Å². The second-order valence-electron chi connectivity index (χ2n) is 8.32. The van der Waals surface area contributed by atoms with E-state index in [4.69, 9.17) is 10.2 Å². The van der Waals surface area contributed by atoms with Crippen molar-refractivity contribution in [3.8, 4) is 6.07 Å². The van der Waals surface area contributed by atoms with Crippen molar-refractivity contribution < 1.29 is 0 Å². The van der Waals surface area contributed by atoms with Gasteiger partial charge >= 0.3 is 0 Å². The number of pyridine rings is 2. The first kappa shape index (κ1) is 18.8. The van der Waals surface area contributed by atoms with Crippen LogP contribution < -0.4 is 10.6 Å². The average molecular weight is 403 g/mol. The molecule has 2 fully saturated rings. The Morgan fingerprint density at radius 2 is 2.03 bits per heavy atom. The van der Waals surface area contributed by atoms with Gasteiger partial charge in [-0.25, -0.2) is 9.97 Å². The van der Waals surface area contributed by atoms with Gasteiger partial charge in [-0.2, -0.15) is 5.26 Å². The highest BCUT2D eigenvalue weighted by Crippen LogP contribution is 2.37. The third-order valence-electron chi connectivity index (χ3n) is 6.27. The first-order valence-electron chi connectivity index (χ1n) is 10.6. The zero-order chi connectivity index (χ0) is 20.5. The van der Waals surface area contributed by atoms with E-state index in [1.54, 1.807) is 6.33 Å². The van der Waals surface area contributed by atoms with Gasteiger partial charge in [0.1, 0.15) is 17.5 Å². The van der Waals surface area contributed by atoms with Crippen molar-refractivity contribution in [1.82, 2.24) is 24.4 Å². The zero-order valence-electron chi connectivity index (χ0n) is 17.1. The number of nitriles is 1. The smallest absolute Gasteiger partial charge is 0.149 e. The molecule has 3 aromatic rings. The highest BCUT2D eigenvalue weighted by atomic mass is 15.2. The van der Waals surface area contributed by atoms with Gasteiger partial charge in [-0.3, -0.25) is 9.88 Å². The highest BCUT2D eigenvalue weighted by Gasteiger charge is 2.40. The molecule has 0 spiro atoms. The van der Waals surface area contributed by atoms with E-state index in [1.165, 1.54) is 12.8 Å². The lowest BCUT2D eigenvalue weighted by atomic mass is 9.97. The molecule has 8 nitrogen and oxygen atoms in total. The molecule has 8 heteroatoms. The van der Waals surface area contributed by atoms with Gasteiger partial charge in [-0.1, -0.05) is 0 Å². The van der Waals surface area contributed by atoms with Gasteiger partial charge in [0, 0.05) is 62.0 Å². The molecule has 0 aromatic carbocycles. The molecule has 0 aliphatic carbocycles. The first-order valence-corrected chi connectivity index (χ1v) is 10.6. The maximum atomic E-state index is 8.96. The van der Waals surface area contributed by atoms with Crippen molar-refractivity contribution in [2.24, 2.45) is 7.05 Å². The monoisotopic (exact) mass is 402 g/mol. The van der Waals surface area contributed by atoms with Crippen LogP contribution in [-0.2, 0) is 7.05 Å². The predicted molar refractivity (Wildman–Crippen MR) is 116 cm³/mol. The molecule has 0 radical (unpaired) electrons. The second-order valence-corrected chi connectivity index (χ2v) is 8.32. The van der Waals surface area contributed by atoms with Gasteiger partial charge in [-0.05, 0) is 37.8 Å². The summed E-state index contributed by atoms with van der Waals surface area (Å²) in [4.78, 5) is 16.3. The van der Waals surface area contributed by atoms with Crippen molar-refractivity contribution in [3.63, 3.8) is 0 Å². The van der Waals surface area contributed by atoms with Gasteiger partial charge in [-0.15, -0.1) is 0 Å². The molecular formula is C22H26N8. The van der Waals surface area contributed by atoms with Crippen LogP contribution >= 0.6 is 0 Å². The van der Waals surface area contributed by atoms with E-state index in [-0.39, 0.29) is 0 Å². The number of anilines is 3. The number of imidazole rings is 1. The van der Waals surface area contributed by atoms with Gasteiger partial charge in [0.05, 0.1) is 17.9 Å². The number of hydrogen-bond acceptors (Lipinski definition) is 7. The fourth-order valence-corrected chi connectivity index (χ4v) is 4.99. The summed E-state index contributed by atoms with van der Waals surface area (Å²) in [6.07, 6.45) is 10.7. The minimum Gasteiger partial charge on any atom is -0.367 e. The second kappa shape index (κ2) is 7.92. The summed E-state index contributed by atoms with van der Waals surface area (Å²) >= 11 is 0. The molecule has 3 aromatic heterocycles. The molecule has 154 valence electrons. The fourth-order valence-electron chi connectivity index (χ4n) is 4.99. The van der Waals surface area contributed by atoms with E-state index >= 15 is 0 Å². The van der Waals surface area contributed by atoms with Crippen LogP contribution in [0.4, 0.5) is 17.5 Å². The van der Waals surface area contributed by atoms with Crippen LogP contribution in [0.1, 0.15) is 32.1 Å². The van der Waals surface area contributed by atoms with Gasteiger partial charge in [0.15, 0.2) is 0 Å². The molecule has 2 bridgehead atoms. The Morgan fingerprint density at radius 1 is 1.20 bits per heavy atom.